The number of ether oxygens (including phenoxy) is 1. The highest BCUT2D eigenvalue weighted by Crippen LogP contribution is 2.10. The number of imidazole rings is 1. The highest BCUT2D eigenvalue weighted by Gasteiger charge is 2.00. The fourth-order valence-electron chi connectivity index (χ4n) is 1.30. The molecule has 0 aromatic carbocycles. The van der Waals surface area contributed by atoms with Crippen LogP contribution in [0.3, 0.4) is 0 Å². The topological polar surface area (TPSA) is 66.0 Å². The van der Waals surface area contributed by atoms with E-state index >= 15 is 0 Å². The van der Waals surface area contributed by atoms with E-state index < -0.39 is 0 Å². The van der Waals surface area contributed by atoms with Gasteiger partial charge in [0.05, 0.1) is 11.9 Å². The fourth-order valence-corrected chi connectivity index (χ4v) is 1.30. The van der Waals surface area contributed by atoms with Gasteiger partial charge in [0.25, 0.3) is 0 Å². The van der Waals surface area contributed by atoms with Gasteiger partial charge in [0, 0.05) is 26.0 Å². The van der Waals surface area contributed by atoms with Crippen LogP contribution in [0.2, 0.25) is 0 Å². The number of aromatic nitrogens is 3. The SMILES string of the molecule is Cn1ccnc1COc1ccc(CN)nc1. The van der Waals surface area contributed by atoms with Crippen molar-refractivity contribution in [1.82, 2.24) is 14.5 Å². The molecule has 5 heteroatoms. The summed E-state index contributed by atoms with van der Waals surface area (Å²) < 4.78 is 7.46. The zero-order valence-corrected chi connectivity index (χ0v) is 9.13. The van der Waals surface area contributed by atoms with Crippen LogP contribution >= 0.6 is 0 Å². The number of hydrogen-bond acceptors (Lipinski definition) is 4. The Morgan fingerprint density at radius 2 is 2.25 bits per heavy atom. The highest BCUT2D eigenvalue weighted by molar-refractivity contribution is 5.19. The van der Waals surface area contributed by atoms with E-state index in [4.69, 9.17) is 10.5 Å². The second-order valence-corrected chi connectivity index (χ2v) is 3.43. The summed E-state index contributed by atoms with van der Waals surface area (Å²) in [5, 5.41) is 0. The van der Waals surface area contributed by atoms with E-state index in [9.17, 15) is 0 Å². The Kier molecular flexibility index (Phi) is 3.16. The Hall–Kier alpha value is -1.88. The second-order valence-electron chi connectivity index (χ2n) is 3.43. The van der Waals surface area contributed by atoms with Crippen LogP contribution in [0.25, 0.3) is 0 Å². The van der Waals surface area contributed by atoms with Crippen LogP contribution < -0.4 is 10.5 Å². The van der Waals surface area contributed by atoms with Crippen LogP contribution in [0.15, 0.2) is 30.7 Å². The molecule has 84 valence electrons. The van der Waals surface area contributed by atoms with Gasteiger partial charge in [0.1, 0.15) is 18.2 Å². The number of pyridine rings is 1. The van der Waals surface area contributed by atoms with Crippen molar-refractivity contribution in [1.29, 1.82) is 0 Å². The first-order valence-electron chi connectivity index (χ1n) is 5.03. The van der Waals surface area contributed by atoms with Crippen molar-refractivity contribution in [3.05, 3.63) is 42.2 Å². The predicted molar refractivity (Wildman–Crippen MR) is 59.7 cm³/mol. The molecule has 0 spiro atoms. The van der Waals surface area contributed by atoms with Gasteiger partial charge in [-0.15, -0.1) is 0 Å². The van der Waals surface area contributed by atoms with Gasteiger partial charge in [-0.25, -0.2) is 4.98 Å². The molecule has 2 rings (SSSR count). The molecule has 2 N–H and O–H groups in total. The molecule has 5 nitrogen and oxygen atoms in total. The van der Waals surface area contributed by atoms with Gasteiger partial charge in [-0.2, -0.15) is 0 Å². The first-order chi connectivity index (χ1) is 7.79. The monoisotopic (exact) mass is 218 g/mol. The third-order valence-corrected chi connectivity index (χ3v) is 2.30. The molecule has 0 saturated heterocycles. The molecule has 0 radical (unpaired) electrons. The lowest BCUT2D eigenvalue weighted by Gasteiger charge is -2.06. The number of aryl methyl sites for hydroxylation is 1. The Morgan fingerprint density at radius 1 is 1.38 bits per heavy atom. The summed E-state index contributed by atoms with van der Waals surface area (Å²) in [6, 6.07) is 3.71. The van der Waals surface area contributed by atoms with Gasteiger partial charge >= 0.3 is 0 Å². The molecule has 2 aromatic heterocycles. The summed E-state index contributed by atoms with van der Waals surface area (Å²) in [6.07, 6.45) is 5.30. The van der Waals surface area contributed by atoms with E-state index in [2.05, 4.69) is 9.97 Å². The molecule has 0 amide bonds. The minimum atomic E-state index is 0.438. The second kappa shape index (κ2) is 4.76. The standard InChI is InChI=1S/C11H14N4O/c1-15-5-4-13-11(15)8-16-10-3-2-9(6-12)14-7-10/h2-5,7H,6,8,12H2,1H3. The van der Waals surface area contributed by atoms with E-state index in [0.717, 1.165) is 17.3 Å². The fraction of sp³-hybridized carbons (Fsp3) is 0.273. The quantitative estimate of drug-likeness (QED) is 0.826. The Balaban J connectivity index is 1.97. The van der Waals surface area contributed by atoms with E-state index in [1.165, 1.54) is 0 Å². The smallest absolute Gasteiger partial charge is 0.146 e. The number of nitrogens with two attached hydrogens (primary N) is 1. The number of nitrogens with zero attached hydrogens (tertiary/aromatic N) is 3. The average molecular weight is 218 g/mol. The zero-order valence-electron chi connectivity index (χ0n) is 9.13. The van der Waals surface area contributed by atoms with Gasteiger partial charge < -0.3 is 15.0 Å². The molecule has 0 atom stereocenters. The summed E-state index contributed by atoms with van der Waals surface area (Å²) in [5.74, 6) is 1.60. The maximum absolute atomic E-state index is 5.54. The molecule has 16 heavy (non-hydrogen) atoms. The Morgan fingerprint density at radius 3 is 2.81 bits per heavy atom. The lowest BCUT2D eigenvalue weighted by atomic mass is 10.3. The molecule has 2 heterocycles. The van der Waals surface area contributed by atoms with E-state index in [1.54, 1.807) is 12.4 Å². The zero-order chi connectivity index (χ0) is 11.4. The maximum Gasteiger partial charge on any atom is 0.146 e. The van der Waals surface area contributed by atoms with Crippen molar-refractivity contribution < 1.29 is 4.74 Å². The normalized spacial score (nSPS) is 10.4. The molecular formula is C11H14N4O. The van der Waals surface area contributed by atoms with Crippen molar-refractivity contribution in [3.8, 4) is 5.75 Å². The molecule has 0 fully saturated rings. The minimum absolute atomic E-state index is 0.438. The highest BCUT2D eigenvalue weighted by atomic mass is 16.5. The van der Waals surface area contributed by atoms with E-state index in [-0.39, 0.29) is 0 Å². The van der Waals surface area contributed by atoms with Crippen LogP contribution in [-0.2, 0) is 20.2 Å². The van der Waals surface area contributed by atoms with Crippen LogP contribution in [0.1, 0.15) is 11.5 Å². The molecule has 0 bridgehead atoms. The summed E-state index contributed by atoms with van der Waals surface area (Å²) in [7, 11) is 1.93. The molecule has 0 saturated carbocycles. The summed E-state index contributed by atoms with van der Waals surface area (Å²) in [4.78, 5) is 8.30. The molecular weight excluding hydrogens is 204 g/mol. The lowest BCUT2D eigenvalue weighted by molar-refractivity contribution is 0.290. The first-order valence-corrected chi connectivity index (χ1v) is 5.03. The van der Waals surface area contributed by atoms with Crippen LogP contribution in [0.5, 0.6) is 5.75 Å². The Bertz CT molecular complexity index is 449. The van der Waals surface area contributed by atoms with Gasteiger partial charge in [-0.1, -0.05) is 0 Å². The molecule has 0 aliphatic rings. The number of hydrogen-bond donors (Lipinski definition) is 1. The van der Waals surface area contributed by atoms with Gasteiger partial charge in [-0.05, 0) is 12.1 Å². The van der Waals surface area contributed by atoms with E-state index in [1.807, 2.05) is 29.9 Å². The molecule has 0 aliphatic heterocycles. The van der Waals surface area contributed by atoms with E-state index in [0.29, 0.717) is 13.2 Å². The van der Waals surface area contributed by atoms with Crippen LogP contribution in [0.4, 0.5) is 0 Å². The minimum Gasteiger partial charge on any atom is -0.484 e. The van der Waals surface area contributed by atoms with Crippen molar-refractivity contribution in [3.63, 3.8) is 0 Å². The number of rotatable bonds is 4. The summed E-state index contributed by atoms with van der Waals surface area (Å²) >= 11 is 0. The van der Waals surface area contributed by atoms with Gasteiger partial charge in [0.2, 0.25) is 0 Å². The van der Waals surface area contributed by atoms with Gasteiger partial charge in [-0.3, -0.25) is 4.98 Å². The molecule has 0 aliphatic carbocycles. The van der Waals surface area contributed by atoms with Crippen molar-refractivity contribution >= 4 is 0 Å². The average Bonchev–Trinajstić information content (AvgIpc) is 2.73. The van der Waals surface area contributed by atoms with Gasteiger partial charge in [0.15, 0.2) is 0 Å². The third-order valence-electron chi connectivity index (χ3n) is 2.30. The maximum atomic E-state index is 5.54. The Labute approximate surface area is 93.9 Å². The summed E-state index contributed by atoms with van der Waals surface area (Å²) in [5.41, 5.74) is 6.31. The van der Waals surface area contributed by atoms with Crippen molar-refractivity contribution in [2.75, 3.05) is 0 Å². The molecule has 2 aromatic rings. The van der Waals surface area contributed by atoms with Crippen molar-refractivity contribution in [2.24, 2.45) is 12.8 Å². The molecule has 0 unspecified atom stereocenters. The van der Waals surface area contributed by atoms with Crippen LogP contribution in [-0.4, -0.2) is 14.5 Å². The lowest BCUT2D eigenvalue weighted by Crippen LogP contribution is -2.04. The largest absolute Gasteiger partial charge is 0.484 e. The summed E-state index contributed by atoms with van der Waals surface area (Å²) in [6.45, 7) is 0.882. The first kappa shape index (κ1) is 10.6. The van der Waals surface area contributed by atoms with Crippen LogP contribution in [0, 0.1) is 0 Å². The third kappa shape index (κ3) is 2.38. The van der Waals surface area contributed by atoms with Crippen molar-refractivity contribution in [2.45, 2.75) is 13.2 Å². The predicted octanol–water partition coefficient (Wildman–Crippen LogP) is 0.853.